The standard InChI is InChI=1S/C21H14ClNO2/c22-16-12-10-15(11-13-16)19(14-6-2-1-3-7-14)23-18-9-5-4-8-17(18)20(24)21(23)25/h1-13,19H/t19-/m1/s1. The molecule has 0 saturated heterocycles. The highest BCUT2D eigenvalue weighted by Crippen LogP contribution is 2.39. The molecule has 3 nitrogen and oxygen atoms in total. The van der Waals surface area contributed by atoms with Gasteiger partial charge in [-0.25, -0.2) is 0 Å². The van der Waals surface area contributed by atoms with Crippen LogP contribution in [0.2, 0.25) is 5.02 Å². The third-order valence-electron chi connectivity index (χ3n) is 4.38. The maximum atomic E-state index is 12.8. The number of amides is 1. The smallest absolute Gasteiger partial charge is 0.293 e. The number of halogens is 1. The average Bonchev–Trinajstić information content (AvgIpc) is 2.90. The lowest BCUT2D eigenvalue weighted by molar-refractivity contribution is -0.114. The molecule has 1 heterocycles. The summed E-state index contributed by atoms with van der Waals surface area (Å²) in [5, 5.41) is 0.625. The van der Waals surface area contributed by atoms with Crippen LogP contribution in [0.25, 0.3) is 0 Å². The van der Waals surface area contributed by atoms with Crippen molar-refractivity contribution in [2.45, 2.75) is 6.04 Å². The van der Waals surface area contributed by atoms with E-state index < -0.39 is 17.7 Å². The predicted molar refractivity (Wildman–Crippen MR) is 98.0 cm³/mol. The molecule has 0 saturated carbocycles. The minimum atomic E-state index is -0.509. The number of anilines is 1. The fourth-order valence-electron chi connectivity index (χ4n) is 3.24. The molecule has 0 unspecified atom stereocenters. The van der Waals surface area contributed by atoms with Gasteiger partial charge in [0.1, 0.15) is 0 Å². The second-order valence-corrected chi connectivity index (χ2v) is 6.32. The third-order valence-corrected chi connectivity index (χ3v) is 4.63. The fraction of sp³-hybridized carbons (Fsp3) is 0.0476. The monoisotopic (exact) mass is 347 g/mol. The normalized spacial score (nSPS) is 14.5. The summed E-state index contributed by atoms with van der Waals surface area (Å²) < 4.78 is 0. The summed E-state index contributed by atoms with van der Waals surface area (Å²) in [6.45, 7) is 0. The first-order valence-electron chi connectivity index (χ1n) is 7.94. The molecule has 3 aromatic carbocycles. The van der Waals surface area contributed by atoms with Gasteiger partial charge in [0.05, 0.1) is 17.3 Å². The SMILES string of the molecule is O=C1C(=O)N([C@H](c2ccccc2)c2ccc(Cl)cc2)c2ccccc21. The maximum Gasteiger partial charge on any atom is 0.300 e. The highest BCUT2D eigenvalue weighted by Gasteiger charge is 2.40. The quantitative estimate of drug-likeness (QED) is 0.646. The Hall–Kier alpha value is -2.91. The first-order chi connectivity index (χ1) is 12.2. The number of Topliss-reactive ketones (excluding diaryl/α,β-unsaturated/α-hetero) is 1. The molecule has 1 atom stereocenters. The van der Waals surface area contributed by atoms with Crippen LogP contribution in [0, 0.1) is 0 Å². The van der Waals surface area contributed by atoms with Crippen molar-refractivity contribution in [1.82, 2.24) is 0 Å². The highest BCUT2D eigenvalue weighted by molar-refractivity contribution is 6.52. The first-order valence-corrected chi connectivity index (χ1v) is 8.32. The molecule has 0 aliphatic carbocycles. The number of fused-ring (bicyclic) bond motifs is 1. The van der Waals surface area contributed by atoms with Crippen molar-refractivity contribution in [2.24, 2.45) is 0 Å². The van der Waals surface area contributed by atoms with Crippen molar-refractivity contribution in [2.75, 3.05) is 4.90 Å². The van der Waals surface area contributed by atoms with Gasteiger partial charge in [0.25, 0.3) is 11.7 Å². The van der Waals surface area contributed by atoms with Crippen LogP contribution in [0.3, 0.4) is 0 Å². The van der Waals surface area contributed by atoms with E-state index in [9.17, 15) is 9.59 Å². The minimum absolute atomic E-state index is 0.390. The Morgan fingerprint density at radius 3 is 2.04 bits per heavy atom. The van der Waals surface area contributed by atoms with E-state index in [0.29, 0.717) is 16.3 Å². The Morgan fingerprint density at radius 1 is 0.720 bits per heavy atom. The van der Waals surface area contributed by atoms with Crippen molar-refractivity contribution >= 4 is 29.0 Å². The maximum absolute atomic E-state index is 12.8. The average molecular weight is 348 g/mol. The number of hydrogen-bond donors (Lipinski definition) is 0. The highest BCUT2D eigenvalue weighted by atomic mass is 35.5. The molecule has 4 rings (SSSR count). The van der Waals surface area contributed by atoms with Crippen molar-refractivity contribution in [3.8, 4) is 0 Å². The van der Waals surface area contributed by atoms with Crippen LogP contribution in [-0.4, -0.2) is 11.7 Å². The molecule has 25 heavy (non-hydrogen) atoms. The Labute approximate surface area is 150 Å². The van der Waals surface area contributed by atoms with E-state index in [1.807, 2.05) is 54.6 Å². The van der Waals surface area contributed by atoms with Gasteiger partial charge in [0.15, 0.2) is 0 Å². The van der Waals surface area contributed by atoms with Crippen molar-refractivity contribution in [3.05, 3.63) is 101 Å². The van der Waals surface area contributed by atoms with Crippen molar-refractivity contribution < 1.29 is 9.59 Å². The van der Waals surface area contributed by atoms with Gasteiger partial charge in [0.2, 0.25) is 0 Å². The van der Waals surface area contributed by atoms with Crippen molar-refractivity contribution in [1.29, 1.82) is 0 Å². The van der Waals surface area contributed by atoms with E-state index in [2.05, 4.69) is 0 Å². The fourth-order valence-corrected chi connectivity index (χ4v) is 3.36. The van der Waals surface area contributed by atoms with Crippen molar-refractivity contribution in [3.63, 3.8) is 0 Å². The number of benzene rings is 3. The predicted octanol–water partition coefficient (Wildman–Crippen LogP) is 4.66. The molecule has 1 aliphatic rings. The molecule has 0 spiro atoms. The summed E-state index contributed by atoms with van der Waals surface area (Å²) >= 11 is 6.02. The van der Waals surface area contributed by atoms with Gasteiger partial charge in [0, 0.05) is 5.02 Å². The molecule has 122 valence electrons. The summed E-state index contributed by atoms with van der Waals surface area (Å²) in [4.78, 5) is 26.8. The van der Waals surface area contributed by atoms with Crippen LogP contribution in [0.5, 0.6) is 0 Å². The lowest BCUT2D eigenvalue weighted by Crippen LogP contribution is -2.34. The number of ketones is 1. The number of para-hydroxylation sites is 1. The first kappa shape index (κ1) is 15.6. The van der Waals surface area contributed by atoms with Gasteiger partial charge in [-0.05, 0) is 35.4 Å². The molecule has 0 fully saturated rings. The Balaban J connectivity index is 1.91. The summed E-state index contributed by atoms with van der Waals surface area (Å²) in [5.41, 5.74) is 2.92. The molecule has 0 N–H and O–H groups in total. The lowest BCUT2D eigenvalue weighted by Gasteiger charge is -2.29. The van der Waals surface area contributed by atoms with E-state index in [1.54, 1.807) is 29.2 Å². The Kier molecular flexibility index (Phi) is 3.86. The van der Waals surface area contributed by atoms with Crippen LogP contribution in [-0.2, 0) is 4.79 Å². The Morgan fingerprint density at radius 2 is 1.32 bits per heavy atom. The zero-order valence-electron chi connectivity index (χ0n) is 13.2. The van der Waals surface area contributed by atoms with Crippen LogP contribution in [0.1, 0.15) is 27.5 Å². The van der Waals surface area contributed by atoms with Gasteiger partial charge < -0.3 is 0 Å². The third kappa shape index (κ3) is 2.63. The van der Waals surface area contributed by atoms with E-state index in [1.165, 1.54) is 0 Å². The number of rotatable bonds is 3. The summed E-state index contributed by atoms with van der Waals surface area (Å²) in [6.07, 6.45) is 0. The second kappa shape index (κ2) is 6.19. The molecule has 0 aromatic heterocycles. The molecule has 1 amide bonds. The molecule has 1 aliphatic heterocycles. The van der Waals surface area contributed by atoms with E-state index >= 15 is 0 Å². The van der Waals surface area contributed by atoms with E-state index in [4.69, 9.17) is 11.6 Å². The van der Waals surface area contributed by atoms with Crippen LogP contribution >= 0.6 is 11.6 Å². The zero-order chi connectivity index (χ0) is 17.4. The van der Waals surface area contributed by atoms with Gasteiger partial charge in [-0.1, -0.05) is 66.2 Å². The van der Waals surface area contributed by atoms with Crippen LogP contribution in [0.15, 0.2) is 78.9 Å². The number of carbonyl (C=O) groups excluding carboxylic acids is 2. The van der Waals surface area contributed by atoms with E-state index in [-0.39, 0.29) is 0 Å². The molecular weight excluding hydrogens is 334 g/mol. The minimum Gasteiger partial charge on any atom is -0.293 e. The van der Waals surface area contributed by atoms with Crippen LogP contribution in [0.4, 0.5) is 5.69 Å². The summed E-state index contributed by atoms with van der Waals surface area (Å²) in [7, 11) is 0. The van der Waals surface area contributed by atoms with Gasteiger partial charge in [-0.15, -0.1) is 0 Å². The van der Waals surface area contributed by atoms with E-state index in [0.717, 1.165) is 11.1 Å². The number of carbonyl (C=O) groups is 2. The number of hydrogen-bond acceptors (Lipinski definition) is 2. The molecule has 4 heteroatoms. The van der Waals surface area contributed by atoms with Gasteiger partial charge in [-0.3, -0.25) is 14.5 Å². The largest absolute Gasteiger partial charge is 0.300 e. The van der Waals surface area contributed by atoms with Crippen LogP contribution < -0.4 is 4.90 Å². The molecule has 3 aromatic rings. The van der Waals surface area contributed by atoms with Gasteiger partial charge >= 0.3 is 0 Å². The molecule has 0 bridgehead atoms. The Bertz CT molecular complexity index is 951. The summed E-state index contributed by atoms with van der Waals surface area (Å²) in [6, 6.07) is 23.8. The lowest BCUT2D eigenvalue weighted by atomic mass is 9.97. The molecule has 0 radical (unpaired) electrons. The zero-order valence-corrected chi connectivity index (χ0v) is 14.0. The number of nitrogens with zero attached hydrogens (tertiary/aromatic N) is 1. The molecular formula is C21H14ClNO2. The topological polar surface area (TPSA) is 37.4 Å². The summed E-state index contributed by atoms with van der Waals surface area (Å²) in [5.74, 6) is -0.976. The van der Waals surface area contributed by atoms with Gasteiger partial charge in [-0.2, -0.15) is 0 Å². The second-order valence-electron chi connectivity index (χ2n) is 5.89.